The lowest BCUT2D eigenvalue weighted by atomic mass is 10.1. The number of nitrogens with one attached hydrogen (secondary N) is 2. The number of hydrogen-bond donors (Lipinski definition) is 2. The summed E-state index contributed by atoms with van der Waals surface area (Å²) < 4.78 is 1.88. The number of ketones is 1. The van der Waals surface area contributed by atoms with Crippen molar-refractivity contribution in [3.05, 3.63) is 114 Å². The third-order valence-electron chi connectivity index (χ3n) is 7.10. The second kappa shape index (κ2) is 11.6. The molecule has 2 N–H and O–H groups in total. The van der Waals surface area contributed by atoms with Crippen LogP contribution >= 0.6 is 0 Å². The normalized spacial score (nSPS) is 10.8. The standard InChI is InChI=1S/C34H33N5O3/c1-22(40)32-21-25-20-27(36-34(42)24-8-15-29(16-9-24)38(4)5)12-19-31(25)39(32)30-17-10-26(11-18-30)35-33(41)23-6-13-28(14-7-23)37(2)3/h6-21H,1-5H3,(H,35,41)(H,36,42). The molecule has 0 atom stereocenters. The maximum absolute atomic E-state index is 12.9. The predicted octanol–water partition coefficient (Wildman–Crippen LogP) is 6.47. The number of nitrogens with zero attached hydrogens (tertiary/aromatic N) is 3. The second-order valence-electron chi connectivity index (χ2n) is 10.5. The number of hydrogen-bond acceptors (Lipinski definition) is 5. The average Bonchev–Trinajstić information content (AvgIpc) is 3.37. The fourth-order valence-corrected chi connectivity index (χ4v) is 4.75. The smallest absolute Gasteiger partial charge is 0.255 e. The minimum Gasteiger partial charge on any atom is -0.378 e. The van der Waals surface area contributed by atoms with Gasteiger partial charge in [-0.15, -0.1) is 0 Å². The molecule has 0 bridgehead atoms. The van der Waals surface area contributed by atoms with Crippen molar-refractivity contribution in [1.82, 2.24) is 4.57 Å². The number of carbonyl (C=O) groups excluding carboxylic acids is 3. The van der Waals surface area contributed by atoms with E-state index in [1.165, 1.54) is 6.92 Å². The van der Waals surface area contributed by atoms with Crippen LogP contribution < -0.4 is 20.4 Å². The molecule has 42 heavy (non-hydrogen) atoms. The van der Waals surface area contributed by atoms with Gasteiger partial charge in [0.2, 0.25) is 0 Å². The third-order valence-corrected chi connectivity index (χ3v) is 7.10. The van der Waals surface area contributed by atoms with Crippen LogP contribution in [0.4, 0.5) is 22.7 Å². The Bertz CT molecular complexity index is 1770. The monoisotopic (exact) mass is 559 g/mol. The van der Waals surface area contributed by atoms with Gasteiger partial charge in [-0.25, -0.2) is 0 Å². The molecule has 5 aromatic rings. The second-order valence-corrected chi connectivity index (χ2v) is 10.5. The summed E-state index contributed by atoms with van der Waals surface area (Å²) in [6.45, 7) is 1.53. The lowest BCUT2D eigenvalue weighted by Crippen LogP contribution is -2.13. The van der Waals surface area contributed by atoms with Crippen LogP contribution in [0, 0.1) is 0 Å². The first-order chi connectivity index (χ1) is 20.1. The molecule has 0 aliphatic heterocycles. The van der Waals surface area contributed by atoms with E-state index in [9.17, 15) is 14.4 Å². The minimum absolute atomic E-state index is 0.0867. The van der Waals surface area contributed by atoms with Crippen LogP contribution in [0.5, 0.6) is 0 Å². The van der Waals surface area contributed by atoms with Gasteiger partial charge in [0.1, 0.15) is 0 Å². The summed E-state index contributed by atoms with van der Waals surface area (Å²) in [5.74, 6) is -0.499. The maximum Gasteiger partial charge on any atom is 0.255 e. The Morgan fingerprint density at radius 3 is 1.55 bits per heavy atom. The molecule has 212 valence electrons. The van der Waals surface area contributed by atoms with Gasteiger partial charge in [-0.1, -0.05) is 0 Å². The van der Waals surface area contributed by atoms with Crippen LogP contribution in [0.2, 0.25) is 0 Å². The SMILES string of the molecule is CC(=O)c1cc2cc(NC(=O)c3ccc(N(C)C)cc3)ccc2n1-c1ccc(NC(=O)c2ccc(N(C)C)cc2)cc1. The molecular weight excluding hydrogens is 526 g/mol. The molecular formula is C34H33N5O3. The summed E-state index contributed by atoms with van der Waals surface area (Å²) in [6, 6.07) is 29.5. The van der Waals surface area contributed by atoms with E-state index in [1.807, 2.05) is 115 Å². The van der Waals surface area contributed by atoms with Gasteiger partial charge in [0.15, 0.2) is 5.78 Å². The first-order valence-corrected chi connectivity index (χ1v) is 13.5. The Hall–Kier alpha value is -5.37. The molecule has 0 radical (unpaired) electrons. The highest BCUT2D eigenvalue weighted by Crippen LogP contribution is 2.29. The topological polar surface area (TPSA) is 86.7 Å². The zero-order chi connectivity index (χ0) is 30.0. The molecule has 4 aromatic carbocycles. The number of anilines is 4. The quantitative estimate of drug-likeness (QED) is 0.213. The van der Waals surface area contributed by atoms with E-state index in [4.69, 9.17) is 0 Å². The van der Waals surface area contributed by atoms with Crippen LogP contribution in [0.25, 0.3) is 16.6 Å². The highest BCUT2D eigenvalue weighted by Gasteiger charge is 2.16. The Kier molecular flexibility index (Phi) is 7.80. The molecule has 0 aliphatic carbocycles. The summed E-state index contributed by atoms with van der Waals surface area (Å²) in [6.07, 6.45) is 0. The zero-order valence-electron chi connectivity index (χ0n) is 24.3. The van der Waals surface area contributed by atoms with E-state index in [2.05, 4.69) is 10.6 Å². The fourth-order valence-electron chi connectivity index (χ4n) is 4.75. The first-order valence-electron chi connectivity index (χ1n) is 13.5. The largest absolute Gasteiger partial charge is 0.378 e. The van der Waals surface area contributed by atoms with E-state index in [0.29, 0.717) is 28.2 Å². The lowest BCUT2D eigenvalue weighted by Gasteiger charge is -2.13. The van der Waals surface area contributed by atoms with Crippen molar-refractivity contribution >= 4 is 51.3 Å². The number of aromatic nitrogens is 1. The Balaban J connectivity index is 1.36. The molecule has 0 aliphatic rings. The van der Waals surface area contributed by atoms with Gasteiger partial charge in [-0.3, -0.25) is 14.4 Å². The van der Waals surface area contributed by atoms with Crippen molar-refractivity contribution in [3.63, 3.8) is 0 Å². The van der Waals surface area contributed by atoms with Crippen molar-refractivity contribution in [2.45, 2.75) is 6.92 Å². The summed E-state index contributed by atoms with van der Waals surface area (Å²) in [5.41, 5.74) is 6.54. The number of amides is 2. The molecule has 0 fully saturated rings. The molecule has 8 nitrogen and oxygen atoms in total. The molecule has 0 saturated heterocycles. The highest BCUT2D eigenvalue weighted by atomic mass is 16.2. The highest BCUT2D eigenvalue weighted by molar-refractivity contribution is 6.07. The lowest BCUT2D eigenvalue weighted by molar-refractivity contribution is 0.100. The maximum atomic E-state index is 12.9. The van der Waals surface area contributed by atoms with Crippen molar-refractivity contribution in [3.8, 4) is 5.69 Å². The number of fused-ring (bicyclic) bond motifs is 1. The van der Waals surface area contributed by atoms with Crippen molar-refractivity contribution < 1.29 is 14.4 Å². The van der Waals surface area contributed by atoms with Gasteiger partial charge >= 0.3 is 0 Å². The van der Waals surface area contributed by atoms with Gasteiger partial charge in [-0.05, 0) is 97.1 Å². The summed E-state index contributed by atoms with van der Waals surface area (Å²) in [4.78, 5) is 42.2. The van der Waals surface area contributed by atoms with E-state index < -0.39 is 0 Å². The number of benzene rings is 4. The molecule has 0 saturated carbocycles. The van der Waals surface area contributed by atoms with Crippen molar-refractivity contribution in [2.75, 3.05) is 48.6 Å². The van der Waals surface area contributed by atoms with Gasteiger partial charge in [0.25, 0.3) is 11.8 Å². The minimum atomic E-state index is -0.211. The van der Waals surface area contributed by atoms with Gasteiger partial charge < -0.3 is 25.0 Å². The average molecular weight is 560 g/mol. The molecule has 1 heterocycles. The molecule has 5 rings (SSSR count). The van der Waals surface area contributed by atoms with Crippen LogP contribution in [0.3, 0.4) is 0 Å². The molecule has 1 aromatic heterocycles. The molecule has 0 spiro atoms. The van der Waals surface area contributed by atoms with Crippen LogP contribution in [0.15, 0.2) is 97.1 Å². The molecule has 2 amide bonds. The molecule has 0 unspecified atom stereocenters. The Labute approximate surface area is 245 Å². The van der Waals surface area contributed by atoms with E-state index >= 15 is 0 Å². The van der Waals surface area contributed by atoms with E-state index in [0.717, 1.165) is 28.0 Å². The number of rotatable bonds is 8. The fraction of sp³-hybridized carbons (Fsp3) is 0.147. The first kappa shape index (κ1) is 28.2. The Morgan fingerprint density at radius 2 is 1.07 bits per heavy atom. The summed E-state index contributed by atoms with van der Waals surface area (Å²) in [5, 5.41) is 6.70. The van der Waals surface area contributed by atoms with Crippen LogP contribution in [-0.4, -0.2) is 50.4 Å². The van der Waals surface area contributed by atoms with Crippen molar-refractivity contribution in [2.24, 2.45) is 0 Å². The summed E-state index contributed by atoms with van der Waals surface area (Å²) in [7, 11) is 7.80. The van der Waals surface area contributed by atoms with Crippen LogP contribution in [0.1, 0.15) is 38.1 Å². The molecule has 8 heteroatoms. The Morgan fingerprint density at radius 1 is 0.595 bits per heavy atom. The van der Waals surface area contributed by atoms with Gasteiger partial charge in [0, 0.05) is 80.1 Å². The zero-order valence-corrected chi connectivity index (χ0v) is 24.3. The van der Waals surface area contributed by atoms with E-state index in [-0.39, 0.29) is 17.6 Å². The third kappa shape index (κ3) is 5.88. The number of Topliss-reactive ketones (excluding diaryl/α,β-unsaturated/α-hetero) is 1. The predicted molar refractivity (Wildman–Crippen MR) is 171 cm³/mol. The van der Waals surface area contributed by atoms with Crippen molar-refractivity contribution in [1.29, 1.82) is 0 Å². The summed E-state index contributed by atoms with van der Waals surface area (Å²) >= 11 is 0. The van der Waals surface area contributed by atoms with Gasteiger partial charge in [-0.2, -0.15) is 0 Å². The van der Waals surface area contributed by atoms with Crippen LogP contribution in [-0.2, 0) is 0 Å². The number of carbonyl (C=O) groups is 3. The van der Waals surface area contributed by atoms with E-state index in [1.54, 1.807) is 24.3 Å². The van der Waals surface area contributed by atoms with Gasteiger partial charge in [0.05, 0.1) is 11.2 Å².